The first-order valence-electron chi connectivity index (χ1n) is 7.72. The van der Waals surface area contributed by atoms with Crippen LogP contribution in [-0.2, 0) is 0 Å². The standard InChI is InChI=1S/C17H27N3/c1-4-13-19-17(5-2)15-8-10-16(11-9-15)20(6-3)14-7-12-18/h8-11,17,19H,4-7,13-14H2,1-3H3. The summed E-state index contributed by atoms with van der Waals surface area (Å²) in [4.78, 5) is 2.24. The molecule has 1 rings (SSSR count). The molecule has 1 unspecified atom stereocenters. The fraction of sp³-hybridized carbons (Fsp3) is 0.588. The predicted molar refractivity (Wildman–Crippen MR) is 85.9 cm³/mol. The molecule has 0 amide bonds. The van der Waals surface area contributed by atoms with Gasteiger partial charge in [0.1, 0.15) is 0 Å². The summed E-state index contributed by atoms with van der Waals surface area (Å²) < 4.78 is 0. The molecule has 3 heteroatoms. The highest BCUT2D eigenvalue weighted by Gasteiger charge is 2.09. The lowest BCUT2D eigenvalue weighted by Crippen LogP contribution is -2.24. The van der Waals surface area contributed by atoms with Gasteiger partial charge in [-0.2, -0.15) is 5.26 Å². The van der Waals surface area contributed by atoms with Crippen LogP contribution in [0.2, 0.25) is 0 Å². The summed E-state index contributed by atoms with van der Waals surface area (Å²) in [6.07, 6.45) is 2.84. The maximum absolute atomic E-state index is 8.70. The van der Waals surface area contributed by atoms with E-state index in [1.54, 1.807) is 0 Å². The van der Waals surface area contributed by atoms with Crippen molar-refractivity contribution in [2.24, 2.45) is 0 Å². The molecule has 0 aliphatic heterocycles. The topological polar surface area (TPSA) is 39.1 Å². The summed E-state index contributed by atoms with van der Waals surface area (Å²) >= 11 is 0. The Morgan fingerprint density at radius 1 is 1.20 bits per heavy atom. The number of nitrogens with zero attached hydrogens (tertiary/aromatic N) is 2. The van der Waals surface area contributed by atoms with Gasteiger partial charge < -0.3 is 10.2 Å². The molecule has 3 nitrogen and oxygen atoms in total. The summed E-state index contributed by atoms with van der Waals surface area (Å²) in [6, 6.07) is 11.4. The third-order valence-corrected chi connectivity index (χ3v) is 3.58. The van der Waals surface area contributed by atoms with Gasteiger partial charge in [0, 0.05) is 24.8 Å². The number of rotatable bonds is 9. The van der Waals surface area contributed by atoms with Crippen LogP contribution in [0.15, 0.2) is 24.3 Å². The van der Waals surface area contributed by atoms with Gasteiger partial charge in [0.25, 0.3) is 0 Å². The van der Waals surface area contributed by atoms with Crippen molar-refractivity contribution >= 4 is 5.69 Å². The first-order valence-corrected chi connectivity index (χ1v) is 7.72. The van der Waals surface area contributed by atoms with Crippen molar-refractivity contribution in [1.82, 2.24) is 5.32 Å². The number of hydrogen-bond donors (Lipinski definition) is 1. The Balaban J connectivity index is 2.73. The van der Waals surface area contributed by atoms with E-state index in [4.69, 9.17) is 5.26 Å². The Hall–Kier alpha value is -1.53. The molecule has 0 aromatic heterocycles. The van der Waals surface area contributed by atoms with Crippen LogP contribution in [0.5, 0.6) is 0 Å². The maximum Gasteiger partial charge on any atom is 0.0640 e. The van der Waals surface area contributed by atoms with Crippen LogP contribution in [0.3, 0.4) is 0 Å². The molecule has 20 heavy (non-hydrogen) atoms. The summed E-state index contributed by atoms with van der Waals surface area (Å²) in [5.74, 6) is 0. The summed E-state index contributed by atoms with van der Waals surface area (Å²) in [5.41, 5.74) is 2.55. The average Bonchev–Trinajstić information content (AvgIpc) is 2.50. The minimum absolute atomic E-state index is 0.443. The van der Waals surface area contributed by atoms with Crippen molar-refractivity contribution in [3.05, 3.63) is 29.8 Å². The van der Waals surface area contributed by atoms with E-state index in [-0.39, 0.29) is 0 Å². The fourth-order valence-electron chi connectivity index (χ4n) is 2.39. The van der Waals surface area contributed by atoms with Crippen LogP contribution in [0.4, 0.5) is 5.69 Å². The lowest BCUT2D eigenvalue weighted by Gasteiger charge is -2.23. The van der Waals surface area contributed by atoms with Crippen molar-refractivity contribution in [1.29, 1.82) is 5.26 Å². The first kappa shape index (κ1) is 16.5. The Labute approximate surface area is 123 Å². The molecule has 0 radical (unpaired) electrons. The van der Waals surface area contributed by atoms with Gasteiger partial charge in [0.15, 0.2) is 0 Å². The van der Waals surface area contributed by atoms with E-state index in [1.807, 2.05) is 0 Å². The number of anilines is 1. The molecule has 0 heterocycles. The first-order chi connectivity index (χ1) is 9.76. The number of benzene rings is 1. The Kier molecular flexibility index (Phi) is 7.75. The van der Waals surface area contributed by atoms with Crippen LogP contribution < -0.4 is 10.2 Å². The zero-order chi connectivity index (χ0) is 14.8. The highest BCUT2D eigenvalue weighted by Crippen LogP contribution is 2.21. The second kappa shape index (κ2) is 9.39. The van der Waals surface area contributed by atoms with Gasteiger partial charge in [0.2, 0.25) is 0 Å². The largest absolute Gasteiger partial charge is 0.371 e. The van der Waals surface area contributed by atoms with E-state index in [9.17, 15) is 0 Å². The molecular weight excluding hydrogens is 246 g/mol. The van der Waals surface area contributed by atoms with E-state index in [0.29, 0.717) is 12.5 Å². The number of nitrogens with one attached hydrogen (secondary N) is 1. The zero-order valence-electron chi connectivity index (χ0n) is 13.0. The van der Waals surface area contributed by atoms with Gasteiger partial charge in [0.05, 0.1) is 12.5 Å². The SMILES string of the molecule is CCCNC(CC)c1ccc(N(CC)CCC#N)cc1. The van der Waals surface area contributed by atoms with Crippen LogP contribution in [0.1, 0.15) is 51.6 Å². The van der Waals surface area contributed by atoms with Gasteiger partial charge in [-0.1, -0.05) is 26.0 Å². The van der Waals surface area contributed by atoms with Crippen LogP contribution in [0.25, 0.3) is 0 Å². The lowest BCUT2D eigenvalue weighted by molar-refractivity contribution is 0.518. The molecular formula is C17H27N3. The van der Waals surface area contributed by atoms with E-state index >= 15 is 0 Å². The van der Waals surface area contributed by atoms with Crippen molar-refractivity contribution < 1.29 is 0 Å². The normalized spacial score (nSPS) is 11.9. The predicted octanol–water partition coefficient (Wildman–Crippen LogP) is 3.88. The monoisotopic (exact) mass is 273 g/mol. The Morgan fingerprint density at radius 3 is 2.40 bits per heavy atom. The van der Waals surface area contributed by atoms with E-state index < -0.39 is 0 Å². The summed E-state index contributed by atoms with van der Waals surface area (Å²) in [5, 5.41) is 12.3. The molecule has 0 fully saturated rings. The maximum atomic E-state index is 8.70. The summed E-state index contributed by atoms with van der Waals surface area (Å²) in [7, 11) is 0. The second-order valence-corrected chi connectivity index (χ2v) is 4.99. The number of hydrogen-bond acceptors (Lipinski definition) is 3. The molecule has 1 atom stereocenters. The molecule has 110 valence electrons. The molecule has 1 N–H and O–H groups in total. The van der Waals surface area contributed by atoms with E-state index in [0.717, 1.165) is 32.5 Å². The lowest BCUT2D eigenvalue weighted by atomic mass is 10.0. The van der Waals surface area contributed by atoms with Gasteiger partial charge in [-0.25, -0.2) is 0 Å². The highest BCUT2D eigenvalue weighted by atomic mass is 15.1. The molecule has 0 saturated carbocycles. The Bertz CT molecular complexity index is 405. The summed E-state index contributed by atoms with van der Waals surface area (Å²) in [6.45, 7) is 9.33. The zero-order valence-corrected chi connectivity index (χ0v) is 13.0. The van der Waals surface area contributed by atoms with Crippen molar-refractivity contribution in [3.63, 3.8) is 0 Å². The minimum atomic E-state index is 0.443. The molecule has 1 aromatic carbocycles. The van der Waals surface area contributed by atoms with Crippen molar-refractivity contribution in [2.75, 3.05) is 24.5 Å². The van der Waals surface area contributed by atoms with Crippen molar-refractivity contribution in [3.8, 4) is 6.07 Å². The van der Waals surface area contributed by atoms with Gasteiger partial charge in [-0.15, -0.1) is 0 Å². The van der Waals surface area contributed by atoms with E-state index in [1.165, 1.54) is 11.3 Å². The minimum Gasteiger partial charge on any atom is -0.371 e. The van der Waals surface area contributed by atoms with Crippen LogP contribution in [0, 0.1) is 11.3 Å². The Morgan fingerprint density at radius 2 is 1.90 bits per heavy atom. The quantitative estimate of drug-likeness (QED) is 0.742. The molecule has 0 spiro atoms. The van der Waals surface area contributed by atoms with Crippen molar-refractivity contribution in [2.45, 2.75) is 46.1 Å². The van der Waals surface area contributed by atoms with Crippen LogP contribution >= 0.6 is 0 Å². The second-order valence-electron chi connectivity index (χ2n) is 4.99. The molecule has 0 aliphatic carbocycles. The third kappa shape index (κ3) is 4.86. The molecule has 1 aromatic rings. The fourth-order valence-corrected chi connectivity index (χ4v) is 2.39. The highest BCUT2D eigenvalue weighted by molar-refractivity contribution is 5.48. The van der Waals surface area contributed by atoms with Gasteiger partial charge >= 0.3 is 0 Å². The van der Waals surface area contributed by atoms with Gasteiger partial charge in [-0.3, -0.25) is 0 Å². The molecule has 0 saturated heterocycles. The molecule has 0 aliphatic rings. The smallest absolute Gasteiger partial charge is 0.0640 e. The molecule has 0 bridgehead atoms. The van der Waals surface area contributed by atoms with Gasteiger partial charge in [-0.05, 0) is 44.0 Å². The van der Waals surface area contributed by atoms with Crippen LogP contribution in [-0.4, -0.2) is 19.6 Å². The number of nitriles is 1. The average molecular weight is 273 g/mol. The van der Waals surface area contributed by atoms with E-state index in [2.05, 4.69) is 61.3 Å². The third-order valence-electron chi connectivity index (χ3n) is 3.58.